The molecule has 4 heteroatoms. The van der Waals surface area contributed by atoms with Gasteiger partial charge in [-0.1, -0.05) is 72.6 Å². The van der Waals surface area contributed by atoms with E-state index in [1.165, 1.54) is 19.6 Å². The minimum absolute atomic E-state index is 0.386. The van der Waals surface area contributed by atoms with Crippen LogP contribution in [0.1, 0.15) is 5.56 Å². The third kappa shape index (κ3) is 3.57. The minimum Gasteiger partial charge on any atom is -0.423 e. The Bertz CT molecular complexity index is 980. The van der Waals surface area contributed by atoms with Gasteiger partial charge in [-0.25, -0.2) is 4.79 Å². The second-order valence-corrected chi connectivity index (χ2v) is 8.01. The van der Waals surface area contributed by atoms with Crippen molar-refractivity contribution in [1.29, 1.82) is 0 Å². The first kappa shape index (κ1) is 17.0. The summed E-state index contributed by atoms with van der Waals surface area (Å²) >= 11 is 3.52. The zero-order chi connectivity index (χ0) is 17.9. The topological polar surface area (TPSA) is 26.3 Å². The van der Waals surface area contributed by atoms with E-state index in [4.69, 9.17) is 4.74 Å². The first-order valence-corrected chi connectivity index (χ1v) is 9.85. The highest BCUT2D eigenvalue weighted by Crippen LogP contribution is 2.49. The Labute approximate surface area is 161 Å². The minimum atomic E-state index is -0.386. The molecule has 0 saturated heterocycles. The fraction of sp³-hybridized carbons (Fsp3) is 0.0455. The van der Waals surface area contributed by atoms with Crippen LogP contribution in [-0.4, -0.2) is 5.97 Å². The lowest BCUT2D eigenvalue weighted by molar-refractivity contribution is -0.130. The first-order chi connectivity index (χ1) is 12.7. The van der Waals surface area contributed by atoms with E-state index >= 15 is 0 Å². The molecule has 1 heterocycles. The lowest BCUT2D eigenvalue weighted by Gasteiger charge is -2.21. The molecule has 3 aromatic rings. The maximum absolute atomic E-state index is 12.3. The van der Waals surface area contributed by atoms with Crippen molar-refractivity contribution in [3.8, 4) is 5.75 Å². The van der Waals surface area contributed by atoms with E-state index < -0.39 is 0 Å². The van der Waals surface area contributed by atoms with Crippen LogP contribution in [0.2, 0.25) is 0 Å². The molecule has 0 spiro atoms. The summed E-state index contributed by atoms with van der Waals surface area (Å²) < 4.78 is 5.40. The van der Waals surface area contributed by atoms with Gasteiger partial charge in [0.2, 0.25) is 0 Å². The lowest BCUT2D eigenvalue weighted by Crippen LogP contribution is -2.12. The summed E-state index contributed by atoms with van der Waals surface area (Å²) in [7, 11) is 0. The predicted octanol–water partition coefficient (Wildman–Crippen LogP) is 6.01. The molecule has 4 rings (SSSR count). The van der Waals surface area contributed by atoms with Crippen molar-refractivity contribution in [2.45, 2.75) is 26.0 Å². The summed E-state index contributed by atoms with van der Waals surface area (Å²) in [6.07, 6.45) is 0.477. The molecule has 0 unspecified atom stereocenters. The third-order valence-corrected chi connectivity index (χ3v) is 6.64. The number of fused-ring (bicyclic) bond motifs is 2. The Morgan fingerprint density at radius 3 is 2.23 bits per heavy atom. The molecule has 1 aliphatic heterocycles. The normalized spacial score (nSPS) is 12.0. The summed E-state index contributed by atoms with van der Waals surface area (Å²) in [6, 6.07) is 23.7. The molecule has 0 radical (unpaired) electrons. The summed E-state index contributed by atoms with van der Waals surface area (Å²) in [5, 5.41) is 0. The Morgan fingerprint density at radius 1 is 0.808 bits per heavy atom. The fourth-order valence-corrected chi connectivity index (χ4v) is 5.11. The van der Waals surface area contributed by atoms with E-state index in [0.29, 0.717) is 17.7 Å². The summed E-state index contributed by atoms with van der Waals surface area (Å²) in [5.41, 5.74) is 1.55. The quantitative estimate of drug-likeness (QED) is 0.248. The zero-order valence-corrected chi connectivity index (χ0v) is 15.6. The third-order valence-electron chi connectivity index (χ3n) is 3.99. The average molecular weight is 377 g/mol. The molecule has 0 aromatic heterocycles. The Balaban J connectivity index is 1.53. The van der Waals surface area contributed by atoms with Gasteiger partial charge in [0, 0.05) is 31.6 Å². The van der Waals surface area contributed by atoms with E-state index in [9.17, 15) is 4.79 Å². The standard InChI is InChI=1S/C22H16O2S2/c1-15(22(23)24-17-9-3-2-4-10-17)14-16-8-7-13-20-21(16)26-19-12-6-5-11-18(19)25-20/h2-13H,1,14H2. The molecule has 1 aliphatic rings. The molecular formula is C22H16O2S2. The molecule has 128 valence electrons. The van der Waals surface area contributed by atoms with Crippen LogP contribution in [0.4, 0.5) is 0 Å². The van der Waals surface area contributed by atoms with Gasteiger partial charge in [-0.05, 0) is 35.9 Å². The van der Waals surface area contributed by atoms with Gasteiger partial charge >= 0.3 is 5.97 Å². The van der Waals surface area contributed by atoms with Gasteiger partial charge in [0.1, 0.15) is 5.75 Å². The van der Waals surface area contributed by atoms with Gasteiger partial charge in [0.25, 0.3) is 0 Å². The van der Waals surface area contributed by atoms with Crippen molar-refractivity contribution < 1.29 is 9.53 Å². The van der Waals surface area contributed by atoms with Gasteiger partial charge in [-0.3, -0.25) is 0 Å². The van der Waals surface area contributed by atoms with E-state index in [1.54, 1.807) is 35.7 Å². The molecule has 0 N–H and O–H groups in total. The number of benzene rings is 3. The highest BCUT2D eigenvalue weighted by atomic mass is 32.2. The highest BCUT2D eigenvalue weighted by molar-refractivity contribution is 8.05. The Kier molecular flexibility index (Phi) is 4.87. The number of carbonyl (C=O) groups excluding carboxylic acids is 1. The highest BCUT2D eigenvalue weighted by Gasteiger charge is 2.21. The van der Waals surface area contributed by atoms with Gasteiger partial charge in [-0.15, -0.1) is 0 Å². The number of hydrogen-bond acceptors (Lipinski definition) is 4. The predicted molar refractivity (Wildman–Crippen MR) is 106 cm³/mol. The van der Waals surface area contributed by atoms with Gasteiger partial charge in [-0.2, -0.15) is 0 Å². The van der Waals surface area contributed by atoms with Gasteiger partial charge in [0.15, 0.2) is 0 Å². The van der Waals surface area contributed by atoms with Gasteiger partial charge in [0.05, 0.1) is 0 Å². The van der Waals surface area contributed by atoms with E-state index in [-0.39, 0.29) is 5.97 Å². The largest absolute Gasteiger partial charge is 0.423 e. The fourth-order valence-electron chi connectivity index (χ4n) is 2.71. The van der Waals surface area contributed by atoms with Crippen molar-refractivity contribution in [1.82, 2.24) is 0 Å². The molecule has 0 saturated carbocycles. The van der Waals surface area contributed by atoms with Crippen LogP contribution in [0, 0.1) is 0 Å². The molecule has 26 heavy (non-hydrogen) atoms. The number of rotatable bonds is 4. The van der Waals surface area contributed by atoms with Crippen molar-refractivity contribution in [2.24, 2.45) is 0 Å². The van der Waals surface area contributed by atoms with Crippen molar-refractivity contribution in [2.75, 3.05) is 0 Å². The van der Waals surface area contributed by atoms with E-state index in [1.807, 2.05) is 24.3 Å². The van der Waals surface area contributed by atoms with Crippen LogP contribution in [0.5, 0.6) is 5.75 Å². The smallest absolute Gasteiger partial charge is 0.339 e. The molecule has 2 nitrogen and oxygen atoms in total. The molecule has 0 atom stereocenters. The summed E-state index contributed by atoms with van der Waals surface area (Å²) in [5.74, 6) is 0.148. The lowest BCUT2D eigenvalue weighted by atomic mass is 10.1. The van der Waals surface area contributed by atoms with Crippen LogP contribution in [0.15, 0.2) is 105 Å². The SMILES string of the molecule is C=C(Cc1cccc2c1Sc1ccccc1S2)C(=O)Oc1ccccc1. The number of esters is 1. The van der Waals surface area contributed by atoms with E-state index in [0.717, 1.165) is 5.56 Å². The number of ether oxygens (including phenoxy) is 1. The van der Waals surface area contributed by atoms with Crippen molar-refractivity contribution >= 4 is 29.5 Å². The molecular weight excluding hydrogens is 360 g/mol. The van der Waals surface area contributed by atoms with Crippen molar-refractivity contribution in [3.05, 3.63) is 90.5 Å². The second kappa shape index (κ2) is 7.44. The zero-order valence-electron chi connectivity index (χ0n) is 14.0. The van der Waals surface area contributed by atoms with Crippen LogP contribution in [-0.2, 0) is 11.2 Å². The first-order valence-electron chi connectivity index (χ1n) is 8.22. The Hall–Kier alpha value is -2.43. The molecule has 0 fully saturated rings. The second-order valence-electron chi connectivity index (χ2n) is 5.88. The summed E-state index contributed by atoms with van der Waals surface area (Å²) in [4.78, 5) is 17.3. The molecule has 0 bridgehead atoms. The molecule has 0 amide bonds. The van der Waals surface area contributed by atoms with Gasteiger partial charge < -0.3 is 4.74 Å². The monoisotopic (exact) mass is 376 g/mol. The van der Waals surface area contributed by atoms with E-state index in [2.05, 4.69) is 43.0 Å². The number of carbonyl (C=O) groups is 1. The molecule has 0 aliphatic carbocycles. The Morgan fingerprint density at radius 2 is 1.46 bits per heavy atom. The van der Waals surface area contributed by atoms with Crippen molar-refractivity contribution in [3.63, 3.8) is 0 Å². The summed E-state index contributed by atoms with van der Waals surface area (Å²) in [6.45, 7) is 3.95. The van der Waals surface area contributed by atoms with Crippen LogP contribution < -0.4 is 4.74 Å². The average Bonchev–Trinajstić information content (AvgIpc) is 2.67. The van der Waals surface area contributed by atoms with Crippen LogP contribution in [0.25, 0.3) is 0 Å². The number of hydrogen-bond donors (Lipinski definition) is 0. The van der Waals surface area contributed by atoms with Crippen LogP contribution in [0.3, 0.4) is 0 Å². The number of para-hydroxylation sites is 1. The van der Waals surface area contributed by atoms with Crippen LogP contribution >= 0.6 is 23.5 Å². The maximum atomic E-state index is 12.3. The molecule has 3 aromatic carbocycles. The maximum Gasteiger partial charge on any atom is 0.339 e.